The molecule has 0 spiro atoms. The summed E-state index contributed by atoms with van der Waals surface area (Å²) < 4.78 is 11.6. The van der Waals surface area contributed by atoms with Crippen LogP contribution in [-0.4, -0.2) is 48.5 Å². The normalized spacial score (nSPS) is 21.5. The Morgan fingerprint density at radius 1 is 1.33 bits per heavy atom. The standard InChI is InChI=1S/C17H27NO3/c1-4-17(19)14-5-7-15(8-6-14)21-12-16-11-18(13(2)3)9-10-20-16/h5-8,13,16-17,19H,4,9-12H2,1-3H3. The van der Waals surface area contributed by atoms with Gasteiger partial charge in [0.25, 0.3) is 0 Å². The van der Waals surface area contributed by atoms with Gasteiger partial charge in [-0.25, -0.2) is 0 Å². The van der Waals surface area contributed by atoms with E-state index in [0.29, 0.717) is 12.6 Å². The zero-order valence-electron chi connectivity index (χ0n) is 13.3. The van der Waals surface area contributed by atoms with E-state index < -0.39 is 0 Å². The number of aliphatic hydroxyl groups is 1. The second kappa shape index (κ2) is 7.78. The smallest absolute Gasteiger partial charge is 0.119 e. The quantitative estimate of drug-likeness (QED) is 0.875. The molecule has 1 aromatic rings. The number of morpholine rings is 1. The molecule has 1 N–H and O–H groups in total. The van der Waals surface area contributed by atoms with E-state index >= 15 is 0 Å². The van der Waals surface area contributed by atoms with E-state index in [0.717, 1.165) is 37.4 Å². The van der Waals surface area contributed by atoms with E-state index in [1.807, 2.05) is 31.2 Å². The average Bonchev–Trinajstić information content (AvgIpc) is 2.53. The number of hydrogen-bond donors (Lipinski definition) is 1. The van der Waals surface area contributed by atoms with Gasteiger partial charge in [0, 0.05) is 19.1 Å². The minimum absolute atomic E-state index is 0.127. The number of benzene rings is 1. The maximum atomic E-state index is 9.77. The molecule has 0 saturated carbocycles. The Labute approximate surface area is 127 Å². The van der Waals surface area contributed by atoms with Crippen LogP contribution in [0.5, 0.6) is 5.75 Å². The molecule has 0 radical (unpaired) electrons. The molecule has 21 heavy (non-hydrogen) atoms. The van der Waals surface area contributed by atoms with E-state index in [1.165, 1.54) is 0 Å². The molecule has 0 bridgehead atoms. The van der Waals surface area contributed by atoms with Gasteiger partial charge in [-0.3, -0.25) is 4.90 Å². The van der Waals surface area contributed by atoms with Crippen LogP contribution in [0.15, 0.2) is 24.3 Å². The van der Waals surface area contributed by atoms with Gasteiger partial charge in [0.05, 0.1) is 12.7 Å². The summed E-state index contributed by atoms with van der Waals surface area (Å²) >= 11 is 0. The summed E-state index contributed by atoms with van der Waals surface area (Å²) in [6, 6.07) is 8.22. The largest absolute Gasteiger partial charge is 0.491 e. The molecule has 4 nitrogen and oxygen atoms in total. The molecule has 118 valence electrons. The first-order chi connectivity index (χ1) is 10.1. The first-order valence-corrected chi connectivity index (χ1v) is 7.86. The van der Waals surface area contributed by atoms with Crippen molar-refractivity contribution >= 4 is 0 Å². The second-order valence-electron chi connectivity index (χ2n) is 5.89. The molecule has 1 aliphatic rings. The Kier molecular flexibility index (Phi) is 6.03. The highest BCUT2D eigenvalue weighted by Crippen LogP contribution is 2.20. The van der Waals surface area contributed by atoms with Crippen molar-refractivity contribution in [2.24, 2.45) is 0 Å². The predicted octanol–water partition coefficient (Wildman–Crippen LogP) is 2.62. The van der Waals surface area contributed by atoms with Crippen molar-refractivity contribution in [3.8, 4) is 5.75 Å². The van der Waals surface area contributed by atoms with Gasteiger partial charge < -0.3 is 14.6 Å². The van der Waals surface area contributed by atoms with E-state index in [-0.39, 0.29) is 12.2 Å². The Balaban J connectivity index is 1.82. The highest BCUT2D eigenvalue weighted by atomic mass is 16.5. The Bertz CT molecular complexity index is 419. The fourth-order valence-corrected chi connectivity index (χ4v) is 2.52. The number of nitrogens with zero attached hydrogens (tertiary/aromatic N) is 1. The minimum atomic E-state index is -0.389. The lowest BCUT2D eigenvalue weighted by molar-refractivity contribution is -0.0564. The molecule has 2 unspecified atom stereocenters. The zero-order valence-corrected chi connectivity index (χ0v) is 13.3. The van der Waals surface area contributed by atoms with Gasteiger partial charge in [-0.1, -0.05) is 19.1 Å². The SMILES string of the molecule is CCC(O)c1ccc(OCC2CN(C(C)C)CCO2)cc1. The van der Waals surface area contributed by atoms with Crippen molar-refractivity contribution in [3.63, 3.8) is 0 Å². The molecule has 0 aliphatic carbocycles. The number of aliphatic hydroxyl groups excluding tert-OH is 1. The first-order valence-electron chi connectivity index (χ1n) is 7.86. The van der Waals surface area contributed by atoms with Crippen LogP contribution in [0.1, 0.15) is 38.9 Å². The fourth-order valence-electron chi connectivity index (χ4n) is 2.52. The third-order valence-electron chi connectivity index (χ3n) is 3.99. The lowest BCUT2D eigenvalue weighted by Crippen LogP contribution is -2.47. The van der Waals surface area contributed by atoms with Crippen molar-refractivity contribution < 1.29 is 14.6 Å². The Hall–Kier alpha value is -1.10. The van der Waals surface area contributed by atoms with Gasteiger partial charge in [-0.05, 0) is 38.0 Å². The third kappa shape index (κ3) is 4.70. The van der Waals surface area contributed by atoms with Gasteiger partial charge in [0.15, 0.2) is 0 Å². The number of hydrogen-bond acceptors (Lipinski definition) is 4. The molecule has 1 aromatic carbocycles. The van der Waals surface area contributed by atoms with Gasteiger partial charge in [-0.15, -0.1) is 0 Å². The van der Waals surface area contributed by atoms with E-state index in [9.17, 15) is 5.11 Å². The topological polar surface area (TPSA) is 41.9 Å². The Morgan fingerprint density at radius 3 is 2.67 bits per heavy atom. The lowest BCUT2D eigenvalue weighted by Gasteiger charge is -2.35. The van der Waals surface area contributed by atoms with Gasteiger partial charge >= 0.3 is 0 Å². The molecule has 2 atom stereocenters. The first kappa shape index (κ1) is 16.3. The summed E-state index contributed by atoms with van der Waals surface area (Å²) in [7, 11) is 0. The van der Waals surface area contributed by atoms with Crippen LogP contribution in [-0.2, 0) is 4.74 Å². The number of ether oxygens (including phenoxy) is 2. The maximum Gasteiger partial charge on any atom is 0.119 e. The van der Waals surface area contributed by atoms with E-state index in [1.54, 1.807) is 0 Å². The molecule has 1 heterocycles. The predicted molar refractivity (Wildman–Crippen MR) is 83.6 cm³/mol. The fraction of sp³-hybridized carbons (Fsp3) is 0.647. The van der Waals surface area contributed by atoms with Crippen molar-refractivity contribution in [2.45, 2.75) is 45.4 Å². The molecular formula is C17H27NO3. The van der Waals surface area contributed by atoms with Crippen LogP contribution >= 0.6 is 0 Å². The average molecular weight is 293 g/mol. The third-order valence-corrected chi connectivity index (χ3v) is 3.99. The molecule has 1 fully saturated rings. The summed E-state index contributed by atoms with van der Waals surface area (Å²) in [6.07, 6.45) is 0.462. The molecule has 0 aromatic heterocycles. The van der Waals surface area contributed by atoms with Gasteiger partial charge in [0.2, 0.25) is 0 Å². The van der Waals surface area contributed by atoms with Crippen molar-refractivity contribution in [2.75, 3.05) is 26.3 Å². The summed E-state index contributed by atoms with van der Waals surface area (Å²) in [6.45, 7) is 9.65. The summed E-state index contributed by atoms with van der Waals surface area (Å²) in [5.41, 5.74) is 0.935. The van der Waals surface area contributed by atoms with Crippen LogP contribution < -0.4 is 4.74 Å². The van der Waals surface area contributed by atoms with Crippen LogP contribution in [0.25, 0.3) is 0 Å². The molecule has 1 saturated heterocycles. The van der Waals surface area contributed by atoms with E-state index in [2.05, 4.69) is 18.7 Å². The molecule has 1 aliphatic heterocycles. The van der Waals surface area contributed by atoms with Gasteiger partial charge in [0.1, 0.15) is 18.5 Å². The summed E-state index contributed by atoms with van der Waals surface area (Å²) in [4.78, 5) is 2.41. The monoisotopic (exact) mass is 293 g/mol. The van der Waals surface area contributed by atoms with Crippen LogP contribution in [0.2, 0.25) is 0 Å². The summed E-state index contributed by atoms with van der Waals surface area (Å²) in [5, 5.41) is 9.77. The van der Waals surface area contributed by atoms with E-state index in [4.69, 9.17) is 9.47 Å². The number of rotatable bonds is 6. The zero-order chi connectivity index (χ0) is 15.2. The highest BCUT2D eigenvalue weighted by Gasteiger charge is 2.22. The maximum absolute atomic E-state index is 9.77. The second-order valence-corrected chi connectivity index (χ2v) is 5.89. The molecule has 2 rings (SSSR count). The lowest BCUT2D eigenvalue weighted by atomic mass is 10.1. The van der Waals surface area contributed by atoms with Crippen molar-refractivity contribution in [1.29, 1.82) is 0 Å². The minimum Gasteiger partial charge on any atom is -0.491 e. The van der Waals surface area contributed by atoms with Crippen molar-refractivity contribution in [3.05, 3.63) is 29.8 Å². The molecular weight excluding hydrogens is 266 g/mol. The molecule has 4 heteroatoms. The van der Waals surface area contributed by atoms with Crippen LogP contribution in [0.3, 0.4) is 0 Å². The van der Waals surface area contributed by atoms with Crippen molar-refractivity contribution in [1.82, 2.24) is 4.90 Å². The van der Waals surface area contributed by atoms with Gasteiger partial charge in [-0.2, -0.15) is 0 Å². The molecule has 0 amide bonds. The Morgan fingerprint density at radius 2 is 2.05 bits per heavy atom. The van der Waals surface area contributed by atoms with Crippen LogP contribution in [0.4, 0.5) is 0 Å². The summed E-state index contributed by atoms with van der Waals surface area (Å²) in [5.74, 6) is 0.826. The van der Waals surface area contributed by atoms with Crippen LogP contribution in [0, 0.1) is 0 Å². The highest BCUT2D eigenvalue weighted by molar-refractivity contribution is 5.28.